The van der Waals surface area contributed by atoms with Gasteiger partial charge in [0, 0.05) is 11.3 Å². The average Bonchev–Trinajstić information content (AvgIpc) is 3.06. The van der Waals surface area contributed by atoms with E-state index in [1.165, 1.54) is 24.3 Å². The number of halogens is 1. The van der Waals surface area contributed by atoms with Gasteiger partial charge < -0.3 is 4.98 Å². The summed E-state index contributed by atoms with van der Waals surface area (Å²) in [5.74, 6) is -0.653. The Hall–Kier alpha value is -2.77. The molecule has 0 saturated carbocycles. The molecule has 1 unspecified atom stereocenters. The summed E-state index contributed by atoms with van der Waals surface area (Å²) in [6.45, 7) is 3.41. The maximum atomic E-state index is 13.1. The number of primary sulfonamides is 1. The van der Waals surface area contributed by atoms with E-state index >= 15 is 0 Å². The van der Waals surface area contributed by atoms with Gasteiger partial charge in [0.15, 0.2) is 0 Å². The highest BCUT2D eigenvalue weighted by molar-refractivity contribution is 7.90. The van der Waals surface area contributed by atoms with Crippen LogP contribution < -0.4 is 5.14 Å². The van der Waals surface area contributed by atoms with Crippen molar-refractivity contribution in [1.29, 1.82) is 0 Å². The van der Waals surface area contributed by atoms with Crippen LogP contribution in [0.15, 0.2) is 60.7 Å². The minimum Gasteiger partial charge on any atom is -0.355 e. The molecule has 1 heterocycles. The van der Waals surface area contributed by atoms with Crippen molar-refractivity contribution >= 4 is 15.8 Å². The minimum atomic E-state index is -3.87. The van der Waals surface area contributed by atoms with Gasteiger partial charge in [-0.1, -0.05) is 30.3 Å². The second kappa shape index (κ2) is 7.93. The molecule has 3 aromatic rings. The molecule has 7 heteroatoms. The lowest BCUT2D eigenvalue weighted by Crippen LogP contribution is -2.38. The Bertz CT molecular complexity index is 1120. The number of carbonyl (C=O) groups excluding carboxylic acids is 1. The Balaban J connectivity index is 1.85. The van der Waals surface area contributed by atoms with Crippen molar-refractivity contribution in [3.05, 3.63) is 94.6 Å². The Morgan fingerprint density at radius 1 is 1.10 bits per heavy atom. The van der Waals surface area contributed by atoms with Crippen LogP contribution in [0.5, 0.6) is 0 Å². The smallest absolute Gasteiger partial charge is 0.218 e. The number of nitrogens with two attached hydrogens (primary N) is 1. The summed E-state index contributed by atoms with van der Waals surface area (Å²) in [5, 5.41) is 5.56. The highest BCUT2D eigenvalue weighted by Crippen LogP contribution is 2.33. The zero-order chi connectivity index (χ0) is 21.2. The molecule has 152 valence electrons. The van der Waals surface area contributed by atoms with Gasteiger partial charge in [-0.2, -0.15) is 0 Å². The number of hydrogen-bond acceptors (Lipinski definition) is 3. The molecule has 3 rings (SSSR count). The molecule has 0 saturated heterocycles. The van der Waals surface area contributed by atoms with Gasteiger partial charge in [-0.15, -0.1) is 0 Å². The molecule has 2 aromatic carbocycles. The Labute approximate surface area is 169 Å². The largest absolute Gasteiger partial charge is 0.355 e. The van der Waals surface area contributed by atoms with E-state index in [0.29, 0.717) is 23.2 Å². The van der Waals surface area contributed by atoms with Crippen LogP contribution in [0.25, 0.3) is 0 Å². The van der Waals surface area contributed by atoms with Gasteiger partial charge >= 0.3 is 0 Å². The van der Waals surface area contributed by atoms with Crippen LogP contribution in [0.3, 0.4) is 0 Å². The summed E-state index contributed by atoms with van der Waals surface area (Å²) in [6.07, 6.45) is 0.638. The average molecular weight is 415 g/mol. The second-order valence-electron chi connectivity index (χ2n) is 7.33. The topological polar surface area (TPSA) is 93.0 Å². The maximum absolute atomic E-state index is 13.1. The molecule has 0 amide bonds. The third kappa shape index (κ3) is 4.31. The number of sulfonamides is 1. The van der Waals surface area contributed by atoms with Crippen molar-refractivity contribution in [3.8, 4) is 0 Å². The molecule has 0 spiro atoms. The van der Waals surface area contributed by atoms with E-state index in [-0.39, 0.29) is 12.2 Å². The lowest BCUT2D eigenvalue weighted by atomic mass is 9.94. The molecular weight excluding hydrogens is 391 g/mol. The fourth-order valence-corrected chi connectivity index (χ4v) is 4.21. The third-order valence-electron chi connectivity index (χ3n) is 5.29. The molecule has 1 aromatic heterocycles. The van der Waals surface area contributed by atoms with Crippen LogP contribution in [0.1, 0.15) is 46.2 Å². The second-order valence-corrected chi connectivity index (χ2v) is 9.32. The van der Waals surface area contributed by atoms with E-state index in [4.69, 9.17) is 5.14 Å². The Morgan fingerprint density at radius 2 is 1.72 bits per heavy atom. The van der Waals surface area contributed by atoms with Gasteiger partial charge in [0.1, 0.15) is 10.6 Å². The molecule has 3 N–H and O–H groups in total. The monoisotopic (exact) mass is 414 g/mol. The summed E-state index contributed by atoms with van der Waals surface area (Å²) in [5.41, 5.74) is 2.88. The summed E-state index contributed by atoms with van der Waals surface area (Å²) >= 11 is 0. The first kappa shape index (κ1) is 21.0. The molecule has 0 aliphatic heterocycles. The van der Waals surface area contributed by atoms with Crippen molar-refractivity contribution in [1.82, 2.24) is 4.98 Å². The quantitative estimate of drug-likeness (QED) is 0.576. The number of aryl methyl sites for hydroxylation is 2. The summed E-state index contributed by atoms with van der Waals surface area (Å²) in [7, 11) is -3.87. The van der Waals surface area contributed by atoms with Crippen LogP contribution in [-0.4, -0.2) is 19.2 Å². The fraction of sp³-hybridized carbons (Fsp3) is 0.227. The van der Waals surface area contributed by atoms with Crippen molar-refractivity contribution in [2.75, 3.05) is 0 Å². The molecule has 0 aliphatic carbocycles. The van der Waals surface area contributed by atoms with E-state index in [9.17, 15) is 17.6 Å². The molecule has 5 nitrogen and oxygen atoms in total. The Kier molecular flexibility index (Phi) is 5.73. The van der Waals surface area contributed by atoms with Crippen molar-refractivity contribution < 1.29 is 17.6 Å². The molecule has 0 fully saturated rings. The third-order valence-corrected chi connectivity index (χ3v) is 6.98. The molecule has 0 bridgehead atoms. The van der Waals surface area contributed by atoms with Crippen LogP contribution >= 0.6 is 0 Å². The maximum Gasteiger partial charge on any atom is 0.218 e. The number of ketones is 1. The summed E-state index contributed by atoms with van der Waals surface area (Å²) in [4.78, 5) is 15.8. The highest BCUT2D eigenvalue weighted by Gasteiger charge is 2.38. The number of benzene rings is 2. The highest BCUT2D eigenvalue weighted by atomic mass is 32.2. The van der Waals surface area contributed by atoms with E-state index in [0.717, 1.165) is 11.3 Å². The van der Waals surface area contributed by atoms with Crippen molar-refractivity contribution in [3.63, 3.8) is 0 Å². The first-order valence-electron chi connectivity index (χ1n) is 9.18. The first-order chi connectivity index (χ1) is 13.6. The fourth-order valence-electron chi connectivity index (χ4n) is 3.36. The molecule has 1 atom stereocenters. The predicted octanol–water partition coefficient (Wildman–Crippen LogP) is 3.83. The minimum absolute atomic E-state index is 0.244. The van der Waals surface area contributed by atoms with Gasteiger partial charge in [-0.25, -0.2) is 17.9 Å². The van der Waals surface area contributed by atoms with Crippen LogP contribution in [0, 0.1) is 12.7 Å². The van der Waals surface area contributed by atoms with Gasteiger partial charge in [-0.3, -0.25) is 4.79 Å². The lowest BCUT2D eigenvalue weighted by Gasteiger charge is -2.27. The van der Waals surface area contributed by atoms with Gasteiger partial charge in [0.25, 0.3) is 0 Å². The van der Waals surface area contributed by atoms with Crippen LogP contribution in [0.2, 0.25) is 0 Å². The molecule has 0 aliphatic rings. The Morgan fingerprint density at radius 3 is 2.31 bits per heavy atom. The van der Waals surface area contributed by atoms with E-state index in [2.05, 4.69) is 4.98 Å². The first-order valence-corrected chi connectivity index (χ1v) is 10.7. The number of H-pyrrole nitrogens is 1. The van der Waals surface area contributed by atoms with E-state index < -0.39 is 20.6 Å². The summed E-state index contributed by atoms with van der Waals surface area (Å²) in [6, 6.07) is 16.0. The van der Waals surface area contributed by atoms with Gasteiger partial charge in [-0.05, 0) is 68.1 Å². The molecule has 0 radical (unpaired) electrons. The SMILES string of the molecule is Cc1cc(CCC(C)(c2ccccc2)S(N)(=O)=O)[nH]c1C(=O)c1ccc(F)cc1. The molecular formula is C22H23FN2O3S. The predicted molar refractivity (Wildman–Crippen MR) is 111 cm³/mol. The molecule has 29 heavy (non-hydrogen) atoms. The number of aromatic nitrogens is 1. The lowest BCUT2D eigenvalue weighted by molar-refractivity contribution is 0.103. The number of rotatable bonds is 7. The van der Waals surface area contributed by atoms with E-state index in [1.807, 2.05) is 12.1 Å². The zero-order valence-corrected chi connectivity index (χ0v) is 17.1. The van der Waals surface area contributed by atoms with E-state index in [1.54, 1.807) is 38.1 Å². The number of carbonyl (C=O) groups is 1. The number of aromatic amines is 1. The standard InChI is InChI=1S/C22H23FN2O3S/c1-15-14-19(25-20(15)21(26)16-8-10-18(23)11-9-16)12-13-22(2,29(24,27)28)17-6-4-3-5-7-17/h3-11,14,25H,12-13H2,1-2H3,(H2,24,27,28). The van der Waals surface area contributed by atoms with Gasteiger partial charge in [0.05, 0.1) is 5.69 Å². The zero-order valence-electron chi connectivity index (χ0n) is 16.3. The van der Waals surface area contributed by atoms with Gasteiger partial charge in [0.2, 0.25) is 15.8 Å². The number of hydrogen-bond donors (Lipinski definition) is 2. The van der Waals surface area contributed by atoms with Crippen LogP contribution in [0.4, 0.5) is 4.39 Å². The van der Waals surface area contributed by atoms with Crippen LogP contribution in [-0.2, 0) is 21.2 Å². The number of nitrogens with one attached hydrogen (secondary N) is 1. The summed E-state index contributed by atoms with van der Waals surface area (Å²) < 4.78 is 36.6. The van der Waals surface area contributed by atoms with Crippen molar-refractivity contribution in [2.24, 2.45) is 5.14 Å². The van der Waals surface area contributed by atoms with Crippen molar-refractivity contribution in [2.45, 2.75) is 31.4 Å². The normalized spacial score (nSPS) is 13.8.